The Morgan fingerprint density at radius 3 is 2.14 bits per heavy atom. The van der Waals surface area contributed by atoms with E-state index in [9.17, 15) is 0 Å². The van der Waals surface area contributed by atoms with Crippen LogP contribution in [0.5, 0.6) is 11.5 Å². The van der Waals surface area contributed by atoms with Crippen molar-refractivity contribution >= 4 is 31.9 Å². The van der Waals surface area contributed by atoms with Crippen LogP contribution in [0.4, 0.5) is 0 Å². The fourth-order valence-corrected chi connectivity index (χ4v) is 3.02. The Bertz CT molecular complexity index is 614. The van der Waals surface area contributed by atoms with Gasteiger partial charge in [-0.2, -0.15) is 0 Å². The van der Waals surface area contributed by atoms with Gasteiger partial charge in [0.05, 0.1) is 14.2 Å². The molecule has 0 heterocycles. The second-order valence-electron chi connectivity index (χ2n) is 4.67. The molecule has 2 N–H and O–H groups in total. The van der Waals surface area contributed by atoms with Crippen LogP contribution in [0.1, 0.15) is 17.2 Å². The highest BCUT2D eigenvalue weighted by Gasteiger charge is 2.15. The average molecular weight is 415 g/mol. The third-order valence-electron chi connectivity index (χ3n) is 3.27. The van der Waals surface area contributed by atoms with Crippen molar-refractivity contribution in [3.05, 3.63) is 56.5 Å². The molecule has 2 rings (SSSR count). The van der Waals surface area contributed by atoms with E-state index in [0.717, 1.165) is 20.9 Å². The Morgan fingerprint density at radius 1 is 1.00 bits per heavy atom. The summed E-state index contributed by atoms with van der Waals surface area (Å²) in [6.07, 6.45) is 0.751. The lowest BCUT2D eigenvalue weighted by molar-refractivity contribution is 0.354. The van der Waals surface area contributed by atoms with Crippen LogP contribution in [-0.2, 0) is 6.42 Å². The molecule has 0 aromatic heterocycles. The van der Waals surface area contributed by atoms with E-state index in [1.54, 1.807) is 14.2 Å². The first-order chi connectivity index (χ1) is 10.0. The molecule has 0 bridgehead atoms. The van der Waals surface area contributed by atoms with Crippen molar-refractivity contribution in [2.75, 3.05) is 14.2 Å². The predicted molar refractivity (Wildman–Crippen MR) is 92.0 cm³/mol. The van der Waals surface area contributed by atoms with Crippen molar-refractivity contribution in [3.8, 4) is 11.5 Å². The average Bonchev–Trinajstić information content (AvgIpc) is 2.49. The Labute approximate surface area is 141 Å². The van der Waals surface area contributed by atoms with E-state index in [1.807, 2.05) is 24.3 Å². The van der Waals surface area contributed by atoms with Crippen molar-refractivity contribution < 1.29 is 9.47 Å². The number of halogens is 2. The number of rotatable bonds is 5. The molecule has 0 saturated carbocycles. The van der Waals surface area contributed by atoms with E-state index in [4.69, 9.17) is 15.2 Å². The smallest absolute Gasteiger partial charge is 0.161 e. The van der Waals surface area contributed by atoms with E-state index in [0.29, 0.717) is 11.5 Å². The zero-order chi connectivity index (χ0) is 15.4. The van der Waals surface area contributed by atoms with Gasteiger partial charge in [0.2, 0.25) is 0 Å². The lowest BCUT2D eigenvalue weighted by Gasteiger charge is -2.17. The normalized spacial score (nSPS) is 12.0. The van der Waals surface area contributed by atoms with Gasteiger partial charge in [-0.25, -0.2) is 0 Å². The van der Waals surface area contributed by atoms with Gasteiger partial charge < -0.3 is 15.2 Å². The van der Waals surface area contributed by atoms with Crippen molar-refractivity contribution in [2.24, 2.45) is 5.73 Å². The summed E-state index contributed by atoms with van der Waals surface area (Å²) in [5.41, 5.74) is 8.53. The van der Waals surface area contributed by atoms with Crippen molar-refractivity contribution in [1.82, 2.24) is 0 Å². The first-order valence-corrected chi connectivity index (χ1v) is 8.05. The summed E-state index contributed by atoms with van der Waals surface area (Å²) in [6.45, 7) is 0. The molecule has 1 unspecified atom stereocenters. The summed E-state index contributed by atoms with van der Waals surface area (Å²) in [7, 11) is 3.24. The molecule has 3 nitrogen and oxygen atoms in total. The van der Waals surface area contributed by atoms with Crippen LogP contribution in [0.3, 0.4) is 0 Å². The number of ether oxygens (including phenoxy) is 2. The van der Waals surface area contributed by atoms with Gasteiger partial charge >= 0.3 is 0 Å². The lowest BCUT2D eigenvalue weighted by atomic mass is 9.99. The molecule has 5 heteroatoms. The molecular weight excluding hydrogens is 398 g/mol. The molecule has 0 radical (unpaired) electrons. The summed E-state index contributed by atoms with van der Waals surface area (Å²) in [6, 6.07) is 11.9. The molecule has 0 spiro atoms. The van der Waals surface area contributed by atoms with Gasteiger partial charge in [0, 0.05) is 15.0 Å². The van der Waals surface area contributed by atoms with E-state index in [1.165, 1.54) is 5.56 Å². The summed E-state index contributed by atoms with van der Waals surface area (Å²) < 4.78 is 12.6. The minimum absolute atomic E-state index is 0.125. The molecule has 0 saturated heterocycles. The van der Waals surface area contributed by atoms with Crippen molar-refractivity contribution in [3.63, 3.8) is 0 Å². The fourth-order valence-electron chi connectivity index (χ4n) is 2.14. The highest BCUT2D eigenvalue weighted by molar-refractivity contribution is 9.10. The molecule has 0 amide bonds. The molecule has 0 aliphatic heterocycles. The fraction of sp³-hybridized carbons (Fsp3) is 0.250. The molecule has 0 aliphatic rings. The summed E-state index contributed by atoms with van der Waals surface area (Å²) >= 11 is 6.99. The van der Waals surface area contributed by atoms with Crippen molar-refractivity contribution in [1.29, 1.82) is 0 Å². The number of methoxy groups -OCH3 is 2. The Hall–Kier alpha value is -1.04. The number of benzene rings is 2. The minimum atomic E-state index is -0.125. The van der Waals surface area contributed by atoms with Gasteiger partial charge in [-0.3, -0.25) is 0 Å². The number of nitrogens with two attached hydrogens (primary N) is 1. The van der Waals surface area contributed by atoms with E-state index >= 15 is 0 Å². The monoisotopic (exact) mass is 413 g/mol. The van der Waals surface area contributed by atoms with Gasteiger partial charge in [-0.15, -0.1) is 0 Å². The van der Waals surface area contributed by atoms with Crippen LogP contribution in [0, 0.1) is 0 Å². The Morgan fingerprint density at radius 2 is 1.57 bits per heavy atom. The Balaban J connectivity index is 2.26. The second-order valence-corrected chi connectivity index (χ2v) is 6.44. The quantitative estimate of drug-likeness (QED) is 0.784. The number of hydrogen-bond acceptors (Lipinski definition) is 3. The number of hydrogen-bond donors (Lipinski definition) is 1. The summed E-state index contributed by atoms with van der Waals surface area (Å²) in [5.74, 6) is 1.37. The molecule has 2 aromatic rings. The van der Waals surface area contributed by atoms with E-state index < -0.39 is 0 Å². The summed E-state index contributed by atoms with van der Waals surface area (Å²) in [4.78, 5) is 0. The lowest BCUT2D eigenvalue weighted by Crippen LogP contribution is -2.14. The molecule has 2 aromatic carbocycles. The van der Waals surface area contributed by atoms with Crippen LogP contribution in [0.25, 0.3) is 0 Å². The van der Waals surface area contributed by atoms with Gasteiger partial charge in [0.25, 0.3) is 0 Å². The van der Waals surface area contributed by atoms with E-state index in [-0.39, 0.29) is 6.04 Å². The van der Waals surface area contributed by atoms with Gasteiger partial charge in [0.15, 0.2) is 11.5 Å². The van der Waals surface area contributed by atoms with Crippen LogP contribution in [-0.4, -0.2) is 14.2 Å². The zero-order valence-corrected chi connectivity index (χ0v) is 15.1. The molecule has 1 atom stereocenters. The van der Waals surface area contributed by atoms with Crippen LogP contribution in [0.2, 0.25) is 0 Å². The highest BCUT2D eigenvalue weighted by Crippen LogP contribution is 2.36. The molecule has 112 valence electrons. The first kappa shape index (κ1) is 16.3. The Kier molecular flexibility index (Phi) is 5.67. The predicted octanol–water partition coefficient (Wildman–Crippen LogP) is 4.47. The van der Waals surface area contributed by atoms with Gasteiger partial charge in [-0.05, 0) is 41.8 Å². The topological polar surface area (TPSA) is 44.5 Å². The van der Waals surface area contributed by atoms with Crippen LogP contribution >= 0.6 is 31.9 Å². The molecule has 0 fully saturated rings. The maximum atomic E-state index is 6.34. The largest absolute Gasteiger partial charge is 0.493 e. The highest BCUT2D eigenvalue weighted by atomic mass is 79.9. The minimum Gasteiger partial charge on any atom is -0.493 e. The van der Waals surface area contributed by atoms with Gasteiger partial charge in [0.1, 0.15) is 0 Å². The van der Waals surface area contributed by atoms with E-state index in [2.05, 4.69) is 44.0 Å². The second kappa shape index (κ2) is 7.29. The molecular formula is C16H17Br2NO2. The SMILES string of the molecule is COc1cc(Br)c(C(N)Cc2ccc(Br)cc2)cc1OC. The molecule has 21 heavy (non-hydrogen) atoms. The first-order valence-electron chi connectivity index (χ1n) is 6.46. The van der Waals surface area contributed by atoms with Crippen LogP contribution in [0.15, 0.2) is 45.3 Å². The maximum Gasteiger partial charge on any atom is 0.161 e. The zero-order valence-electron chi connectivity index (χ0n) is 11.9. The van der Waals surface area contributed by atoms with Crippen molar-refractivity contribution in [2.45, 2.75) is 12.5 Å². The molecule has 0 aliphatic carbocycles. The summed E-state index contributed by atoms with van der Waals surface area (Å²) in [5, 5.41) is 0. The van der Waals surface area contributed by atoms with Crippen LogP contribution < -0.4 is 15.2 Å². The van der Waals surface area contributed by atoms with Gasteiger partial charge in [-0.1, -0.05) is 44.0 Å². The maximum absolute atomic E-state index is 6.34. The third kappa shape index (κ3) is 3.99. The third-order valence-corrected chi connectivity index (χ3v) is 4.49. The standard InChI is InChI=1S/C16H17Br2NO2/c1-20-15-8-12(13(18)9-16(15)21-2)14(19)7-10-3-5-11(17)6-4-10/h3-6,8-9,14H,7,19H2,1-2H3.